The van der Waals surface area contributed by atoms with Crippen molar-refractivity contribution in [2.75, 3.05) is 25.1 Å². The Kier molecular flexibility index (Phi) is 4.48. The number of aryl methyl sites for hydroxylation is 1. The molecule has 118 valence electrons. The third kappa shape index (κ3) is 4.10. The second kappa shape index (κ2) is 5.84. The van der Waals surface area contributed by atoms with Crippen LogP contribution in [0.15, 0.2) is 23.1 Å². The summed E-state index contributed by atoms with van der Waals surface area (Å²) in [6.45, 7) is 0.367. The summed E-state index contributed by atoms with van der Waals surface area (Å²) in [6, 6.07) is 2.60. The third-order valence-electron chi connectivity index (χ3n) is 3.61. The van der Waals surface area contributed by atoms with Gasteiger partial charge in [0.1, 0.15) is 9.84 Å². The number of nitrogens with one attached hydrogen (secondary N) is 1. The molecule has 5 nitrogen and oxygen atoms in total. The first kappa shape index (κ1) is 16.1. The molecular weight excluding hydrogens is 302 g/mol. The fourth-order valence-corrected chi connectivity index (χ4v) is 2.91. The highest BCUT2D eigenvalue weighted by Gasteiger charge is 2.42. The molecule has 1 saturated heterocycles. The molecule has 1 aliphatic rings. The highest BCUT2D eigenvalue weighted by molar-refractivity contribution is 7.90. The molecule has 1 aromatic rings. The summed E-state index contributed by atoms with van der Waals surface area (Å²) < 4.78 is 51.4. The van der Waals surface area contributed by atoms with E-state index in [0.717, 1.165) is 6.26 Å². The number of hydrogen-bond acceptors (Lipinski definition) is 4. The number of alkyl halides is 2. The normalized spacial score (nSPS) is 22.1. The lowest BCUT2D eigenvalue weighted by Crippen LogP contribution is -2.43. The quantitative estimate of drug-likeness (QED) is 0.882. The maximum atomic E-state index is 13.9. The summed E-state index contributed by atoms with van der Waals surface area (Å²) in [5.41, 5.74) is -0.0465. The van der Waals surface area contributed by atoms with Gasteiger partial charge in [0.05, 0.1) is 11.7 Å². The number of sulfone groups is 1. The lowest BCUT2D eigenvalue weighted by Gasteiger charge is -2.32. The Labute approximate surface area is 121 Å². The van der Waals surface area contributed by atoms with E-state index < -0.39 is 27.2 Å². The van der Waals surface area contributed by atoms with Crippen LogP contribution in [-0.4, -0.2) is 44.0 Å². The molecule has 0 bridgehead atoms. The van der Waals surface area contributed by atoms with Gasteiger partial charge in [-0.25, -0.2) is 17.2 Å². The van der Waals surface area contributed by atoms with Crippen molar-refractivity contribution >= 4 is 9.84 Å². The second-order valence-electron chi connectivity index (χ2n) is 5.39. The number of piperidine rings is 1. The average Bonchev–Trinajstić information content (AvgIpc) is 2.37. The molecular formula is C13H18F2N2O3S. The Hall–Kier alpha value is -1.28. The number of aromatic nitrogens is 1. The van der Waals surface area contributed by atoms with Crippen LogP contribution < -0.4 is 10.9 Å². The van der Waals surface area contributed by atoms with Crippen molar-refractivity contribution < 1.29 is 17.2 Å². The molecule has 21 heavy (non-hydrogen) atoms. The minimum atomic E-state index is -3.22. The summed E-state index contributed by atoms with van der Waals surface area (Å²) >= 11 is 0. The van der Waals surface area contributed by atoms with Crippen molar-refractivity contribution in [2.45, 2.75) is 24.8 Å². The summed E-state index contributed by atoms with van der Waals surface area (Å²) in [7, 11) is -3.22. The van der Waals surface area contributed by atoms with E-state index in [2.05, 4.69) is 5.32 Å². The minimum Gasteiger partial charge on any atom is -0.316 e. The Morgan fingerprint density at radius 3 is 2.76 bits per heavy atom. The van der Waals surface area contributed by atoms with E-state index in [1.807, 2.05) is 0 Å². The first-order valence-corrected chi connectivity index (χ1v) is 8.72. The Morgan fingerprint density at radius 2 is 2.14 bits per heavy atom. The highest BCUT2D eigenvalue weighted by atomic mass is 32.2. The number of halogens is 2. The van der Waals surface area contributed by atoms with E-state index in [9.17, 15) is 22.0 Å². The summed E-state index contributed by atoms with van der Waals surface area (Å²) in [5, 5.41) is 2.92. The van der Waals surface area contributed by atoms with Gasteiger partial charge in [-0.05, 0) is 5.56 Å². The zero-order valence-corrected chi connectivity index (χ0v) is 12.5. The Balaban J connectivity index is 2.27. The standard InChI is InChI=1S/C13H18F2N2O3S/c1-21(19,20)7-6-17-9-10(2-3-12(17)18)11-8-16-5-4-13(11,14)15/h2-3,9,11,16H,4-8H2,1H3. The van der Waals surface area contributed by atoms with Crippen LogP contribution in [0.3, 0.4) is 0 Å². The molecule has 0 saturated carbocycles. The summed E-state index contributed by atoms with van der Waals surface area (Å²) in [5.74, 6) is -4.03. The Morgan fingerprint density at radius 1 is 1.43 bits per heavy atom. The van der Waals surface area contributed by atoms with Crippen molar-refractivity contribution in [1.29, 1.82) is 0 Å². The zero-order chi connectivity index (χ0) is 15.7. The topological polar surface area (TPSA) is 68.2 Å². The molecule has 0 amide bonds. The van der Waals surface area contributed by atoms with Gasteiger partial charge >= 0.3 is 0 Å². The largest absolute Gasteiger partial charge is 0.316 e. The van der Waals surface area contributed by atoms with Crippen LogP contribution in [0.25, 0.3) is 0 Å². The third-order valence-corrected chi connectivity index (χ3v) is 4.53. The highest BCUT2D eigenvalue weighted by Crippen LogP contribution is 2.37. The minimum absolute atomic E-state index is 0.0305. The molecule has 1 atom stereocenters. The molecule has 0 spiro atoms. The molecule has 1 unspecified atom stereocenters. The molecule has 1 N–H and O–H groups in total. The van der Waals surface area contributed by atoms with Crippen molar-refractivity contribution in [3.8, 4) is 0 Å². The molecule has 8 heteroatoms. The molecule has 0 radical (unpaired) electrons. The molecule has 1 aliphatic heterocycles. The maximum absolute atomic E-state index is 13.9. The molecule has 0 aromatic carbocycles. The van der Waals surface area contributed by atoms with E-state index in [-0.39, 0.29) is 31.8 Å². The van der Waals surface area contributed by atoms with E-state index in [1.54, 1.807) is 0 Å². The summed E-state index contributed by atoms with van der Waals surface area (Å²) in [4.78, 5) is 11.7. The van der Waals surface area contributed by atoms with Crippen molar-refractivity contribution in [3.05, 3.63) is 34.2 Å². The van der Waals surface area contributed by atoms with Crippen molar-refractivity contribution in [2.24, 2.45) is 0 Å². The number of nitrogens with zero attached hydrogens (tertiary/aromatic N) is 1. The van der Waals surface area contributed by atoms with E-state index >= 15 is 0 Å². The lowest BCUT2D eigenvalue weighted by atomic mass is 9.89. The predicted molar refractivity (Wildman–Crippen MR) is 75.6 cm³/mol. The van der Waals surface area contributed by atoms with Gasteiger partial charge in [-0.3, -0.25) is 4.79 Å². The molecule has 2 heterocycles. The van der Waals surface area contributed by atoms with Crippen LogP contribution in [0.5, 0.6) is 0 Å². The Bertz CT molecular complexity index is 670. The van der Waals surface area contributed by atoms with Gasteiger partial charge in [0.15, 0.2) is 0 Å². The molecule has 2 rings (SSSR count). The summed E-state index contributed by atoms with van der Waals surface area (Å²) in [6.07, 6.45) is 2.17. The van der Waals surface area contributed by atoms with E-state index in [0.29, 0.717) is 5.56 Å². The van der Waals surface area contributed by atoms with Crippen molar-refractivity contribution in [3.63, 3.8) is 0 Å². The van der Waals surface area contributed by atoms with Gasteiger partial charge in [-0.15, -0.1) is 0 Å². The van der Waals surface area contributed by atoms with Gasteiger partial charge < -0.3 is 9.88 Å². The molecule has 0 aliphatic carbocycles. The van der Waals surface area contributed by atoms with Crippen LogP contribution in [0.4, 0.5) is 8.78 Å². The fraction of sp³-hybridized carbons (Fsp3) is 0.615. The monoisotopic (exact) mass is 320 g/mol. The van der Waals surface area contributed by atoms with Gasteiger partial charge in [0.25, 0.3) is 11.5 Å². The van der Waals surface area contributed by atoms with E-state index in [4.69, 9.17) is 0 Å². The number of hydrogen-bond donors (Lipinski definition) is 1. The zero-order valence-electron chi connectivity index (χ0n) is 11.7. The SMILES string of the molecule is CS(=O)(=O)CCn1cc(C2CNCCC2(F)F)ccc1=O. The van der Waals surface area contributed by atoms with Gasteiger partial charge in [0.2, 0.25) is 0 Å². The van der Waals surface area contributed by atoms with Gasteiger partial charge in [0, 0.05) is 44.6 Å². The molecule has 1 aromatic heterocycles. The van der Waals surface area contributed by atoms with E-state index in [1.165, 1.54) is 22.9 Å². The lowest BCUT2D eigenvalue weighted by molar-refractivity contribution is -0.0481. The van der Waals surface area contributed by atoms with Crippen LogP contribution in [0.2, 0.25) is 0 Å². The van der Waals surface area contributed by atoms with Crippen LogP contribution in [0.1, 0.15) is 17.9 Å². The maximum Gasteiger partial charge on any atom is 0.257 e. The predicted octanol–water partition coefficient (Wildman–Crippen LogP) is 0.605. The average molecular weight is 320 g/mol. The number of pyridine rings is 1. The number of rotatable bonds is 4. The fourth-order valence-electron chi connectivity index (χ4n) is 2.38. The van der Waals surface area contributed by atoms with Crippen LogP contribution >= 0.6 is 0 Å². The van der Waals surface area contributed by atoms with Crippen LogP contribution in [0, 0.1) is 0 Å². The second-order valence-corrected chi connectivity index (χ2v) is 7.65. The van der Waals surface area contributed by atoms with Crippen molar-refractivity contribution in [1.82, 2.24) is 9.88 Å². The van der Waals surface area contributed by atoms with Gasteiger partial charge in [-0.1, -0.05) is 6.07 Å². The van der Waals surface area contributed by atoms with Crippen LogP contribution in [-0.2, 0) is 16.4 Å². The smallest absolute Gasteiger partial charge is 0.257 e. The van der Waals surface area contributed by atoms with Gasteiger partial charge in [-0.2, -0.15) is 0 Å². The first-order chi connectivity index (χ1) is 9.69. The first-order valence-electron chi connectivity index (χ1n) is 6.66. The molecule has 1 fully saturated rings.